The summed E-state index contributed by atoms with van der Waals surface area (Å²) in [6, 6.07) is 4.62. The van der Waals surface area contributed by atoms with Crippen molar-refractivity contribution in [1.29, 1.82) is 0 Å². The highest BCUT2D eigenvalue weighted by atomic mass is 19.4. The Hall–Kier alpha value is -3.24. The van der Waals surface area contributed by atoms with Crippen LogP contribution in [0.5, 0.6) is 0 Å². The van der Waals surface area contributed by atoms with Crippen molar-refractivity contribution in [2.75, 3.05) is 6.54 Å². The zero-order chi connectivity index (χ0) is 26.6. The Balaban J connectivity index is 1.65. The molecule has 6 nitrogen and oxygen atoms in total. The van der Waals surface area contributed by atoms with Crippen LogP contribution in [0.3, 0.4) is 0 Å². The molecule has 0 spiro atoms. The van der Waals surface area contributed by atoms with Crippen molar-refractivity contribution in [3.8, 4) is 11.3 Å². The van der Waals surface area contributed by atoms with Gasteiger partial charge in [0.05, 0.1) is 17.7 Å². The van der Waals surface area contributed by atoms with E-state index in [2.05, 4.69) is 0 Å². The largest absolute Gasteiger partial charge is 0.443 e. The van der Waals surface area contributed by atoms with E-state index < -0.39 is 58.6 Å². The van der Waals surface area contributed by atoms with Crippen molar-refractivity contribution in [3.63, 3.8) is 0 Å². The van der Waals surface area contributed by atoms with Gasteiger partial charge in [-0.1, -0.05) is 6.07 Å². The molecule has 11 heteroatoms. The molecule has 1 saturated carbocycles. The lowest BCUT2D eigenvalue weighted by Crippen LogP contribution is -2.41. The minimum absolute atomic E-state index is 0.00410. The fourth-order valence-corrected chi connectivity index (χ4v) is 4.46. The highest BCUT2D eigenvalue weighted by Crippen LogP contribution is 2.58. The predicted molar refractivity (Wildman–Crippen MR) is 118 cm³/mol. The number of rotatable bonds is 4. The summed E-state index contributed by atoms with van der Waals surface area (Å²) >= 11 is 0. The van der Waals surface area contributed by atoms with Gasteiger partial charge >= 0.3 is 12.3 Å². The van der Waals surface area contributed by atoms with Crippen LogP contribution in [0.4, 0.5) is 26.7 Å². The van der Waals surface area contributed by atoms with Gasteiger partial charge in [0.25, 0.3) is 0 Å². The Morgan fingerprint density at radius 2 is 1.67 bits per heavy atom. The van der Waals surface area contributed by atoms with E-state index in [4.69, 9.17) is 4.74 Å². The van der Waals surface area contributed by atoms with E-state index in [1.807, 2.05) is 0 Å². The van der Waals surface area contributed by atoms with E-state index in [0.29, 0.717) is 11.3 Å². The van der Waals surface area contributed by atoms with Gasteiger partial charge in [-0.05, 0) is 57.4 Å². The molecule has 0 saturated heterocycles. The average Bonchev–Trinajstić information content (AvgIpc) is 3.48. The molecule has 2 aliphatic rings. The number of hydrogen-bond acceptors (Lipinski definition) is 4. The summed E-state index contributed by atoms with van der Waals surface area (Å²) in [6.07, 6.45) is -7.06. The van der Waals surface area contributed by atoms with Crippen LogP contribution in [-0.2, 0) is 27.3 Å². The maximum absolute atomic E-state index is 14.6. The Labute approximate surface area is 204 Å². The molecule has 0 radical (unpaired) electrons. The fourth-order valence-electron chi connectivity index (χ4n) is 4.46. The van der Waals surface area contributed by atoms with Crippen molar-refractivity contribution >= 4 is 17.8 Å². The molecule has 1 aromatic heterocycles. The smallest absolute Gasteiger partial charge is 0.419 e. The summed E-state index contributed by atoms with van der Waals surface area (Å²) in [6.45, 7) is 4.77. The Kier molecular flexibility index (Phi) is 6.25. The average molecular weight is 512 g/mol. The molecule has 0 N–H and O–H groups in total. The van der Waals surface area contributed by atoms with E-state index in [1.165, 1.54) is 17.0 Å². The maximum Gasteiger partial charge on any atom is 0.419 e. The number of hydrogen-bond donors (Lipinski definition) is 0. The number of Topliss-reactive ketones (excluding diaryl/α,β-unsaturated/α-hetero) is 1. The molecule has 2 aromatic rings. The van der Waals surface area contributed by atoms with Crippen molar-refractivity contribution in [2.45, 2.75) is 64.8 Å². The first-order valence-electron chi connectivity index (χ1n) is 11.4. The number of nitrogens with zero attached hydrogens (tertiary/aromatic N) is 2. The van der Waals surface area contributed by atoms with Gasteiger partial charge in [0.15, 0.2) is 5.78 Å². The number of ether oxygens (including phenoxy) is 1. The highest BCUT2D eigenvalue weighted by Gasteiger charge is 2.67. The molecule has 0 unspecified atom stereocenters. The lowest BCUT2D eigenvalue weighted by Gasteiger charge is -2.29. The molecule has 1 aromatic carbocycles. The van der Waals surface area contributed by atoms with Crippen LogP contribution < -0.4 is 0 Å². The highest BCUT2D eigenvalue weighted by molar-refractivity contribution is 6.02. The molecule has 36 heavy (non-hydrogen) atoms. The van der Waals surface area contributed by atoms with Gasteiger partial charge in [-0.3, -0.25) is 9.59 Å². The molecule has 0 atom stereocenters. The summed E-state index contributed by atoms with van der Waals surface area (Å²) in [5.41, 5.74) is -3.17. The van der Waals surface area contributed by atoms with Gasteiger partial charge in [0.1, 0.15) is 22.7 Å². The van der Waals surface area contributed by atoms with Crippen LogP contribution in [0, 0.1) is 17.0 Å². The van der Waals surface area contributed by atoms with E-state index in [9.17, 15) is 36.3 Å². The molecule has 1 amide bonds. The summed E-state index contributed by atoms with van der Waals surface area (Å²) in [7, 11) is 0. The number of alkyl halides is 3. The van der Waals surface area contributed by atoms with Gasteiger partial charge in [0.2, 0.25) is 5.91 Å². The summed E-state index contributed by atoms with van der Waals surface area (Å²) in [5.74, 6) is -3.75. The van der Waals surface area contributed by atoms with E-state index in [1.54, 1.807) is 20.8 Å². The number of aromatic nitrogens is 1. The Bertz CT molecular complexity index is 1220. The molecule has 194 valence electrons. The molecule has 1 aliphatic heterocycles. The molecule has 0 bridgehead atoms. The number of amides is 1. The third-order valence-corrected chi connectivity index (χ3v) is 6.46. The zero-order valence-electron chi connectivity index (χ0n) is 20.0. The van der Waals surface area contributed by atoms with Crippen LogP contribution in [-0.4, -0.2) is 45.6 Å². The van der Waals surface area contributed by atoms with Crippen molar-refractivity contribution < 1.29 is 41.1 Å². The van der Waals surface area contributed by atoms with Crippen molar-refractivity contribution in [3.05, 3.63) is 47.2 Å². The van der Waals surface area contributed by atoms with Gasteiger partial charge in [-0.2, -0.15) is 13.2 Å². The second-order valence-corrected chi connectivity index (χ2v) is 10.2. The molecule has 4 rings (SSSR count). The number of benzene rings is 1. The van der Waals surface area contributed by atoms with Crippen LogP contribution in [0.2, 0.25) is 0 Å². The normalized spacial score (nSPS) is 16.9. The maximum atomic E-state index is 14.6. The minimum atomic E-state index is -4.71. The summed E-state index contributed by atoms with van der Waals surface area (Å²) in [5, 5.41) is 0. The number of fused-ring (bicyclic) bond motifs is 1. The Morgan fingerprint density at radius 3 is 2.19 bits per heavy atom. The monoisotopic (exact) mass is 512 g/mol. The van der Waals surface area contributed by atoms with E-state index >= 15 is 0 Å². The fraction of sp³-hybridized carbons (Fsp3) is 0.480. The predicted octanol–water partition coefficient (Wildman–Crippen LogP) is 5.40. The van der Waals surface area contributed by atoms with Crippen LogP contribution in [0.25, 0.3) is 11.3 Å². The quantitative estimate of drug-likeness (QED) is 0.406. The standard InChI is InChI=1S/C25H25F5N2O4/c1-23(2,3)36-22(35)32-17-7-10-31(20(34)12-19(33)24(8-9-24)25(28,29)30)13-14(17)11-18(32)21-15(26)5-4-6-16(21)27/h4-6,11H,7-10,12-13H2,1-3H3. The second-order valence-electron chi connectivity index (χ2n) is 10.2. The molecular formula is C25H25F5N2O4. The third kappa shape index (κ3) is 4.62. The number of ketones is 1. The van der Waals surface area contributed by atoms with Gasteiger partial charge in [-0.15, -0.1) is 0 Å². The van der Waals surface area contributed by atoms with E-state index in [-0.39, 0.29) is 38.0 Å². The first kappa shape index (κ1) is 25.8. The van der Waals surface area contributed by atoms with Crippen molar-refractivity contribution in [2.24, 2.45) is 5.41 Å². The zero-order valence-corrected chi connectivity index (χ0v) is 20.0. The van der Waals surface area contributed by atoms with Gasteiger partial charge in [0, 0.05) is 25.2 Å². The lowest BCUT2D eigenvalue weighted by atomic mass is 9.96. The van der Waals surface area contributed by atoms with Crippen LogP contribution in [0.15, 0.2) is 24.3 Å². The molecular weight excluding hydrogens is 487 g/mol. The first-order valence-corrected chi connectivity index (χ1v) is 11.4. The van der Waals surface area contributed by atoms with Crippen molar-refractivity contribution in [1.82, 2.24) is 9.47 Å². The van der Waals surface area contributed by atoms with Crippen LogP contribution >= 0.6 is 0 Å². The minimum Gasteiger partial charge on any atom is -0.443 e. The molecule has 1 aliphatic carbocycles. The first-order chi connectivity index (χ1) is 16.6. The second kappa shape index (κ2) is 8.70. The lowest BCUT2D eigenvalue weighted by molar-refractivity contribution is -0.191. The Morgan fingerprint density at radius 1 is 1.06 bits per heavy atom. The summed E-state index contributed by atoms with van der Waals surface area (Å²) in [4.78, 5) is 39.3. The number of carbonyl (C=O) groups excluding carboxylic acids is 3. The molecule has 2 heterocycles. The van der Waals surface area contributed by atoms with Gasteiger partial charge < -0.3 is 9.64 Å². The summed E-state index contributed by atoms with van der Waals surface area (Å²) < 4.78 is 75.5. The topological polar surface area (TPSA) is 68.6 Å². The third-order valence-electron chi connectivity index (χ3n) is 6.46. The number of carbonyl (C=O) groups is 3. The van der Waals surface area contributed by atoms with Crippen LogP contribution in [0.1, 0.15) is 51.3 Å². The number of halogens is 5. The SMILES string of the molecule is CC(C)(C)OC(=O)n1c(-c2c(F)cccc2F)cc2c1CCN(C(=O)CC(=O)C1(C(F)(F)F)CC1)C2. The van der Waals surface area contributed by atoms with E-state index in [0.717, 1.165) is 16.7 Å². The molecule has 1 fully saturated rings. The van der Waals surface area contributed by atoms with Gasteiger partial charge in [-0.25, -0.2) is 18.1 Å².